The molecular weight excluding hydrogens is 229 g/mol. The van der Waals surface area contributed by atoms with Crippen LogP contribution < -0.4 is 4.90 Å². The Morgan fingerprint density at radius 3 is 2.28 bits per heavy atom. The lowest BCUT2D eigenvalue weighted by Gasteiger charge is -2.18. The molecule has 2 nitrogen and oxygen atoms in total. The maximum Gasteiger partial charge on any atom is 0.182 e. The largest absolute Gasteiger partial charge is 0.367 e. The summed E-state index contributed by atoms with van der Waals surface area (Å²) in [6, 6.07) is 15.2. The maximum absolute atomic E-state index is 12.8. The number of Topliss-reactive ketones (excluding diaryl/α,β-unsaturated/α-hetero) is 1. The summed E-state index contributed by atoms with van der Waals surface area (Å²) in [7, 11) is 1.81. The zero-order valence-corrected chi connectivity index (χ0v) is 10.1. The normalized spacial score (nSPS) is 10.1. The minimum Gasteiger partial charge on any atom is -0.367 e. The standard InChI is InChI=1S/C15H14FNO/c1-17(14-9-7-13(16)8-10-14)11-15(18)12-5-3-2-4-6-12/h2-10H,11H2,1H3. The van der Waals surface area contributed by atoms with Gasteiger partial charge in [-0.25, -0.2) is 4.39 Å². The van der Waals surface area contributed by atoms with Gasteiger partial charge in [0.05, 0.1) is 6.54 Å². The highest BCUT2D eigenvalue weighted by molar-refractivity contribution is 5.99. The van der Waals surface area contributed by atoms with Crippen LogP contribution in [0.5, 0.6) is 0 Å². The van der Waals surface area contributed by atoms with Gasteiger partial charge in [-0.3, -0.25) is 4.79 Å². The topological polar surface area (TPSA) is 20.3 Å². The van der Waals surface area contributed by atoms with E-state index in [9.17, 15) is 9.18 Å². The van der Waals surface area contributed by atoms with E-state index in [2.05, 4.69) is 0 Å². The third-order valence-electron chi connectivity index (χ3n) is 2.74. The molecule has 2 aromatic carbocycles. The number of hydrogen-bond donors (Lipinski definition) is 0. The van der Waals surface area contributed by atoms with Gasteiger partial charge < -0.3 is 4.90 Å². The van der Waals surface area contributed by atoms with Crippen LogP contribution in [-0.4, -0.2) is 19.4 Å². The second-order valence-corrected chi connectivity index (χ2v) is 4.12. The Hall–Kier alpha value is -2.16. The fourth-order valence-corrected chi connectivity index (χ4v) is 1.72. The van der Waals surface area contributed by atoms with E-state index in [-0.39, 0.29) is 18.1 Å². The number of rotatable bonds is 4. The Balaban J connectivity index is 2.06. The van der Waals surface area contributed by atoms with Gasteiger partial charge in [-0.1, -0.05) is 30.3 Å². The predicted octanol–water partition coefficient (Wildman–Crippen LogP) is 3.14. The van der Waals surface area contributed by atoms with E-state index in [0.29, 0.717) is 5.56 Å². The van der Waals surface area contributed by atoms with Crippen molar-refractivity contribution in [3.8, 4) is 0 Å². The summed E-state index contributed by atoms with van der Waals surface area (Å²) in [6.07, 6.45) is 0. The molecule has 0 heterocycles. The fraction of sp³-hybridized carbons (Fsp3) is 0.133. The van der Waals surface area contributed by atoms with E-state index < -0.39 is 0 Å². The van der Waals surface area contributed by atoms with E-state index >= 15 is 0 Å². The molecule has 2 aromatic rings. The minimum absolute atomic E-state index is 0.0439. The number of nitrogens with zero attached hydrogens (tertiary/aromatic N) is 1. The molecule has 3 heteroatoms. The summed E-state index contributed by atoms with van der Waals surface area (Å²) in [5, 5.41) is 0. The molecule has 0 N–H and O–H groups in total. The summed E-state index contributed by atoms with van der Waals surface area (Å²) in [4.78, 5) is 13.8. The SMILES string of the molecule is CN(CC(=O)c1ccccc1)c1ccc(F)cc1. The Labute approximate surface area is 106 Å². The predicted molar refractivity (Wildman–Crippen MR) is 70.4 cm³/mol. The lowest BCUT2D eigenvalue weighted by atomic mass is 10.1. The molecule has 0 atom stereocenters. The Kier molecular flexibility index (Phi) is 3.72. The van der Waals surface area contributed by atoms with Crippen molar-refractivity contribution in [2.75, 3.05) is 18.5 Å². The molecule has 0 radical (unpaired) electrons. The molecule has 0 amide bonds. The third-order valence-corrected chi connectivity index (χ3v) is 2.74. The van der Waals surface area contributed by atoms with Crippen LogP contribution in [-0.2, 0) is 0 Å². The van der Waals surface area contributed by atoms with Gasteiger partial charge in [0, 0.05) is 18.3 Å². The average molecular weight is 243 g/mol. The van der Waals surface area contributed by atoms with Crippen LogP contribution in [0.1, 0.15) is 10.4 Å². The van der Waals surface area contributed by atoms with Crippen molar-refractivity contribution in [3.05, 3.63) is 66.0 Å². The quantitative estimate of drug-likeness (QED) is 0.769. The molecule has 0 aliphatic heterocycles. The van der Waals surface area contributed by atoms with Crippen molar-refractivity contribution in [3.63, 3.8) is 0 Å². The second kappa shape index (κ2) is 5.45. The Morgan fingerprint density at radius 1 is 1.06 bits per heavy atom. The van der Waals surface area contributed by atoms with Crippen molar-refractivity contribution in [1.82, 2.24) is 0 Å². The molecule has 0 fully saturated rings. The van der Waals surface area contributed by atoms with Gasteiger partial charge in [0.15, 0.2) is 5.78 Å². The molecule has 0 unspecified atom stereocenters. The summed E-state index contributed by atoms with van der Waals surface area (Å²) in [5.41, 5.74) is 1.51. The van der Waals surface area contributed by atoms with E-state index in [0.717, 1.165) is 5.69 Å². The van der Waals surface area contributed by atoms with Crippen molar-refractivity contribution < 1.29 is 9.18 Å². The van der Waals surface area contributed by atoms with Crippen molar-refractivity contribution >= 4 is 11.5 Å². The number of benzene rings is 2. The van der Waals surface area contributed by atoms with Crippen molar-refractivity contribution in [2.24, 2.45) is 0 Å². The first-order chi connectivity index (χ1) is 8.66. The van der Waals surface area contributed by atoms with E-state index in [1.54, 1.807) is 29.2 Å². The first-order valence-electron chi connectivity index (χ1n) is 5.72. The molecule has 0 spiro atoms. The molecular formula is C15H14FNO. The first-order valence-corrected chi connectivity index (χ1v) is 5.72. The average Bonchev–Trinajstić information content (AvgIpc) is 2.40. The molecule has 0 aliphatic rings. The number of hydrogen-bond acceptors (Lipinski definition) is 2. The first kappa shape index (κ1) is 12.3. The zero-order valence-electron chi connectivity index (χ0n) is 10.1. The number of ketones is 1. The number of carbonyl (C=O) groups excluding carboxylic acids is 1. The third kappa shape index (κ3) is 2.94. The van der Waals surface area contributed by atoms with E-state index in [1.807, 2.05) is 25.2 Å². The summed E-state index contributed by atoms with van der Waals surface area (Å²) in [6.45, 7) is 0.273. The van der Waals surface area contributed by atoms with Gasteiger partial charge in [-0.15, -0.1) is 0 Å². The van der Waals surface area contributed by atoms with Crippen LogP contribution in [0.25, 0.3) is 0 Å². The molecule has 0 saturated heterocycles. The molecule has 0 aliphatic carbocycles. The van der Waals surface area contributed by atoms with Gasteiger partial charge in [0.25, 0.3) is 0 Å². The van der Waals surface area contributed by atoms with Crippen molar-refractivity contribution in [2.45, 2.75) is 0 Å². The van der Waals surface area contributed by atoms with Crippen LogP contribution in [0.2, 0.25) is 0 Å². The number of anilines is 1. The molecule has 92 valence electrons. The Morgan fingerprint density at radius 2 is 1.67 bits per heavy atom. The maximum atomic E-state index is 12.8. The highest BCUT2D eigenvalue weighted by Gasteiger charge is 2.09. The molecule has 0 aromatic heterocycles. The van der Waals surface area contributed by atoms with Crippen LogP contribution in [0.4, 0.5) is 10.1 Å². The van der Waals surface area contributed by atoms with Gasteiger partial charge in [0.2, 0.25) is 0 Å². The lowest BCUT2D eigenvalue weighted by molar-refractivity contribution is 0.100. The minimum atomic E-state index is -0.276. The number of halogens is 1. The number of likely N-dealkylation sites (N-methyl/N-ethyl adjacent to an activating group) is 1. The highest BCUT2D eigenvalue weighted by atomic mass is 19.1. The highest BCUT2D eigenvalue weighted by Crippen LogP contribution is 2.13. The lowest BCUT2D eigenvalue weighted by Crippen LogP contribution is -2.25. The number of carbonyl (C=O) groups is 1. The zero-order chi connectivity index (χ0) is 13.0. The molecule has 18 heavy (non-hydrogen) atoms. The van der Waals surface area contributed by atoms with Gasteiger partial charge >= 0.3 is 0 Å². The summed E-state index contributed by atoms with van der Waals surface area (Å²) < 4.78 is 12.8. The Bertz CT molecular complexity index is 522. The smallest absolute Gasteiger partial charge is 0.182 e. The van der Waals surface area contributed by atoms with Gasteiger partial charge in [-0.2, -0.15) is 0 Å². The van der Waals surface area contributed by atoms with E-state index in [1.165, 1.54) is 12.1 Å². The van der Waals surface area contributed by atoms with Crippen LogP contribution >= 0.6 is 0 Å². The summed E-state index contributed by atoms with van der Waals surface area (Å²) >= 11 is 0. The fourth-order valence-electron chi connectivity index (χ4n) is 1.72. The second-order valence-electron chi connectivity index (χ2n) is 4.12. The molecule has 0 bridgehead atoms. The van der Waals surface area contributed by atoms with E-state index in [4.69, 9.17) is 0 Å². The molecule has 0 saturated carbocycles. The van der Waals surface area contributed by atoms with Crippen molar-refractivity contribution in [1.29, 1.82) is 0 Å². The summed E-state index contributed by atoms with van der Waals surface area (Å²) in [5.74, 6) is -0.232. The van der Waals surface area contributed by atoms with Gasteiger partial charge in [-0.05, 0) is 24.3 Å². The van der Waals surface area contributed by atoms with Crippen LogP contribution in [0, 0.1) is 5.82 Å². The van der Waals surface area contributed by atoms with Crippen LogP contribution in [0.3, 0.4) is 0 Å². The molecule has 2 rings (SSSR count). The monoisotopic (exact) mass is 243 g/mol. The van der Waals surface area contributed by atoms with Gasteiger partial charge in [0.1, 0.15) is 5.82 Å². The van der Waals surface area contributed by atoms with Crippen LogP contribution in [0.15, 0.2) is 54.6 Å².